The summed E-state index contributed by atoms with van der Waals surface area (Å²) in [7, 11) is -4.07. The van der Waals surface area contributed by atoms with Gasteiger partial charge in [0.15, 0.2) is 0 Å². The second-order valence-electron chi connectivity index (χ2n) is 5.80. The van der Waals surface area contributed by atoms with Gasteiger partial charge in [0, 0.05) is 34.8 Å². The number of benzene rings is 2. The molecule has 152 valence electrons. The summed E-state index contributed by atoms with van der Waals surface area (Å²) < 4.78 is 68.0. The highest BCUT2D eigenvalue weighted by Gasteiger charge is 2.31. The quantitative estimate of drug-likeness (QED) is 0.520. The van der Waals surface area contributed by atoms with E-state index in [-0.39, 0.29) is 10.6 Å². The van der Waals surface area contributed by atoms with Crippen LogP contribution in [-0.4, -0.2) is 19.8 Å². The molecule has 3 rings (SSSR count). The summed E-state index contributed by atoms with van der Waals surface area (Å²) in [5.74, 6) is 0.104. The highest BCUT2D eigenvalue weighted by Crippen LogP contribution is 2.27. The van der Waals surface area contributed by atoms with E-state index < -0.39 is 22.1 Å². The normalized spacial score (nSPS) is 11.8. The summed E-state index contributed by atoms with van der Waals surface area (Å²) >= 11 is 1.56. The average Bonchev–Trinajstić information content (AvgIpc) is 2.67. The van der Waals surface area contributed by atoms with Crippen molar-refractivity contribution in [3.8, 4) is 5.75 Å². The molecule has 0 unspecified atom stereocenters. The first-order chi connectivity index (χ1) is 13.7. The molecule has 0 saturated carbocycles. The lowest BCUT2D eigenvalue weighted by molar-refractivity contribution is -0.274. The molecule has 0 amide bonds. The van der Waals surface area contributed by atoms with Gasteiger partial charge in [-0.05, 0) is 48.0 Å². The fourth-order valence-corrected chi connectivity index (χ4v) is 4.25. The van der Waals surface area contributed by atoms with Crippen molar-refractivity contribution in [1.82, 2.24) is 4.98 Å². The lowest BCUT2D eigenvalue weighted by atomic mass is 10.3. The van der Waals surface area contributed by atoms with Gasteiger partial charge in [0.05, 0.1) is 4.90 Å². The molecule has 0 aliphatic carbocycles. The molecule has 1 N–H and O–H groups in total. The van der Waals surface area contributed by atoms with Crippen molar-refractivity contribution in [3.05, 3.63) is 78.6 Å². The van der Waals surface area contributed by atoms with Crippen LogP contribution in [0.3, 0.4) is 0 Å². The van der Waals surface area contributed by atoms with Crippen molar-refractivity contribution in [2.75, 3.05) is 4.72 Å². The first kappa shape index (κ1) is 21.0. The SMILES string of the molecule is O=S(=O)(Nc1ccc(SCc2cccnc2)cc1)c1cccc(OC(F)(F)F)c1. The van der Waals surface area contributed by atoms with E-state index in [0.29, 0.717) is 5.75 Å². The van der Waals surface area contributed by atoms with Crippen LogP contribution in [0.1, 0.15) is 5.56 Å². The summed E-state index contributed by atoms with van der Waals surface area (Å²) in [6.07, 6.45) is -1.44. The Balaban J connectivity index is 1.66. The van der Waals surface area contributed by atoms with Crippen molar-refractivity contribution >= 4 is 27.5 Å². The van der Waals surface area contributed by atoms with Gasteiger partial charge in [-0.15, -0.1) is 24.9 Å². The van der Waals surface area contributed by atoms with Gasteiger partial charge in [0.2, 0.25) is 0 Å². The highest BCUT2D eigenvalue weighted by atomic mass is 32.2. The Morgan fingerprint density at radius 2 is 1.79 bits per heavy atom. The molecule has 0 bridgehead atoms. The van der Waals surface area contributed by atoms with E-state index in [4.69, 9.17) is 0 Å². The van der Waals surface area contributed by atoms with Crippen molar-refractivity contribution in [2.45, 2.75) is 21.9 Å². The highest BCUT2D eigenvalue weighted by molar-refractivity contribution is 7.98. The van der Waals surface area contributed by atoms with Crippen LogP contribution in [0.15, 0.2) is 82.8 Å². The lowest BCUT2D eigenvalue weighted by Gasteiger charge is -2.12. The van der Waals surface area contributed by atoms with Crippen LogP contribution in [0.2, 0.25) is 0 Å². The predicted octanol–water partition coefficient (Wildman–Crippen LogP) is 5.07. The third kappa shape index (κ3) is 6.40. The standard InChI is InChI=1S/C19H15F3N2O3S2/c20-19(21,22)27-16-4-1-5-18(11-16)29(25,26)24-15-6-8-17(9-7-15)28-13-14-3-2-10-23-12-14/h1-12,24H,13H2. The molecular weight excluding hydrogens is 425 g/mol. The van der Waals surface area contributed by atoms with E-state index in [9.17, 15) is 21.6 Å². The number of aromatic nitrogens is 1. The molecule has 0 spiro atoms. The van der Waals surface area contributed by atoms with Crippen molar-refractivity contribution in [2.24, 2.45) is 0 Å². The molecule has 0 aliphatic rings. The average molecular weight is 440 g/mol. The smallest absolute Gasteiger partial charge is 0.406 e. The number of alkyl halides is 3. The zero-order chi connectivity index (χ0) is 20.9. The maximum absolute atomic E-state index is 12.5. The van der Waals surface area contributed by atoms with E-state index in [0.717, 1.165) is 22.6 Å². The van der Waals surface area contributed by atoms with Gasteiger partial charge >= 0.3 is 6.36 Å². The largest absolute Gasteiger partial charge is 0.573 e. The minimum Gasteiger partial charge on any atom is -0.406 e. The summed E-state index contributed by atoms with van der Waals surface area (Å²) in [4.78, 5) is 4.63. The number of hydrogen-bond acceptors (Lipinski definition) is 5. The summed E-state index contributed by atoms with van der Waals surface area (Å²) in [5, 5.41) is 0. The van der Waals surface area contributed by atoms with Crippen LogP contribution in [0.25, 0.3) is 0 Å². The molecule has 1 aromatic heterocycles. The van der Waals surface area contributed by atoms with Gasteiger partial charge in [-0.1, -0.05) is 12.1 Å². The molecule has 0 saturated heterocycles. The number of nitrogens with one attached hydrogen (secondary N) is 1. The Labute approximate surface area is 170 Å². The molecule has 0 fully saturated rings. The van der Waals surface area contributed by atoms with Crippen molar-refractivity contribution < 1.29 is 26.3 Å². The Morgan fingerprint density at radius 1 is 1.03 bits per heavy atom. The zero-order valence-corrected chi connectivity index (χ0v) is 16.4. The number of sulfonamides is 1. The van der Waals surface area contributed by atoms with Gasteiger partial charge in [-0.3, -0.25) is 9.71 Å². The van der Waals surface area contributed by atoms with Crippen molar-refractivity contribution in [1.29, 1.82) is 0 Å². The van der Waals surface area contributed by atoms with Crippen LogP contribution >= 0.6 is 11.8 Å². The van der Waals surface area contributed by atoms with E-state index in [1.54, 1.807) is 48.4 Å². The molecule has 10 heteroatoms. The van der Waals surface area contributed by atoms with Gasteiger partial charge in [0.1, 0.15) is 5.75 Å². The number of nitrogens with zero attached hydrogens (tertiary/aromatic N) is 1. The predicted molar refractivity (Wildman–Crippen MR) is 104 cm³/mol. The maximum Gasteiger partial charge on any atom is 0.573 e. The number of rotatable bonds is 7. The van der Waals surface area contributed by atoms with Gasteiger partial charge in [-0.2, -0.15) is 0 Å². The van der Waals surface area contributed by atoms with Gasteiger partial charge < -0.3 is 4.74 Å². The number of hydrogen-bond donors (Lipinski definition) is 1. The molecule has 0 aliphatic heterocycles. The number of pyridine rings is 1. The summed E-state index contributed by atoms with van der Waals surface area (Å²) in [6.45, 7) is 0. The van der Waals surface area contributed by atoms with E-state index in [1.165, 1.54) is 12.1 Å². The molecule has 2 aromatic carbocycles. The second kappa shape index (κ2) is 8.75. The molecular formula is C19H15F3N2O3S2. The Morgan fingerprint density at radius 3 is 2.45 bits per heavy atom. The Hall–Kier alpha value is -2.72. The Kier molecular flexibility index (Phi) is 6.33. The molecule has 0 atom stereocenters. The third-order valence-corrected chi connectivity index (χ3v) is 6.05. The molecule has 0 radical (unpaired) electrons. The first-order valence-electron chi connectivity index (χ1n) is 8.22. The second-order valence-corrected chi connectivity index (χ2v) is 8.53. The summed E-state index contributed by atoms with van der Waals surface area (Å²) in [6, 6.07) is 14.7. The van der Waals surface area contributed by atoms with Crippen LogP contribution in [-0.2, 0) is 15.8 Å². The fourth-order valence-electron chi connectivity index (χ4n) is 2.32. The van der Waals surface area contributed by atoms with Crippen LogP contribution in [0, 0.1) is 0 Å². The molecule has 29 heavy (non-hydrogen) atoms. The number of halogens is 3. The topological polar surface area (TPSA) is 68.3 Å². The number of ether oxygens (including phenoxy) is 1. The fraction of sp³-hybridized carbons (Fsp3) is 0.105. The monoisotopic (exact) mass is 440 g/mol. The first-order valence-corrected chi connectivity index (χ1v) is 10.7. The van der Waals surface area contributed by atoms with Gasteiger partial charge in [0.25, 0.3) is 10.0 Å². The van der Waals surface area contributed by atoms with Gasteiger partial charge in [-0.25, -0.2) is 8.42 Å². The van der Waals surface area contributed by atoms with Crippen LogP contribution < -0.4 is 9.46 Å². The Bertz CT molecular complexity index is 1060. The number of anilines is 1. The van der Waals surface area contributed by atoms with Crippen molar-refractivity contribution in [3.63, 3.8) is 0 Å². The number of thioether (sulfide) groups is 1. The molecule has 5 nitrogen and oxygen atoms in total. The summed E-state index contributed by atoms with van der Waals surface area (Å²) in [5.41, 5.74) is 1.35. The zero-order valence-electron chi connectivity index (χ0n) is 14.8. The minimum atomic E-state index is -4.90. The maximum atomic E-state index is 12.5. The van der Waals surface area contributed by atoms with Crippen LogP contribution in [0.4, 0.5) is 18.9 Å². The van der Waals surface area contributed by atoms with E-state index in [1.807, 2.05) is 12.1 Å². The minimum absolute atomic E-state index is 0.290. The van der Waals surface area contributed by atoms with Crippen LogP contribution in [0.5, 0.6) is 5.75 Å². The lowest BCUT2D eigenvalue weighted by Crippen LogP contribution is -2.18. The molecule has 3 aromatic rings. The van der Waals surface area contributed by atoms with E-state index in [2.05, 4.69) is 14.4 Å². The third-order valence-electron chi connectivity index (χ3n) is 3.58. The van der Waals surface area contributed by atoms with E-state index >= 15 is 0 Å². The molecule has 1 heterocycles.